The minimum Gasteiger partial charge on any atom is -0.482 e. The Bertz CT molecular complexity index is 617. The average Bonchev–Trinajstić information content (AvgIpc) is 2.42. The van der Waals surface area contributed by atoms with Crippen LogP contribution in [0.2, 0.25) is 10.0 Å². The van der Waals surface area contributed by atoms with Gasteiger partial charge in [0.2, 0.25) is 0 Å². The van der Waals surface area contributed by atoms with Crippen molar-refractivity contribution < 1.29 is 9.53 Å². The molecule has 0 saturated heterocycles. The molecule has 0 radical (unpaired) electrons. The second-order valence-corrected chi connectivity index (χ2v) is 6.01. The lowest BCUT2D eigenvalue weighted by molar-refractivity contribution is -0.118. The first-order valence-electron chi connectivity index (χ1n) is 5.68. The van der Waals surface area contributed by atoms with E-state index >= 15 is 0 Å². The summed E-state index contributed by atoms with van der Waals surface area (Å²) in [6, 6.07) is 12.3. The third-order valence-corrected chi connectivity index (χ3v) is 3.65. The topological polar surface area (TPSA) is 38.3 Å². The highest BCUT2D eigenvalue weighted by molar-refractivity contribution is 14.1. The first-order valence-corrected chi connectivity index (χ1v) is 7.51. The van der Waals surface area contributed by atoms with Crippen molar-refractivity contribution in [3.63, 3.8) is 0 Å². The molecule has 2 aromatic carbocycles. The Morgan fingerprint density at radius 3 is 2.55 bits per heavy atom. The van der Waals surface area contributed by atoms with E-state index in [9.17, 15) is 4.79 Å². The Labute approximate surface area is 140 Å². The first kappa shape index (κ1) is 15.4. The largest absolute Gasteiger partial charge is 0.482 e. The molecule has 0 fully saturated rings. The number of nitrogens with one attached hydrogen (secondary N) is 1. The van der Waals surface area contributed by atoms with Gasteiger partial charge in [0.05, 0.1) is 5.02 Å². The maximum Gasteiger partial charge on any atom is 0.262 e. The summed E-state index contributed by atoms with van der Waals surface area (Å²) in [6.45, 7) is -0.133. The van der Waals surface area contributed by atoms with Gasteiger partial charge in [-0.1, -0.05) is 23.2 Å². The van der Waals surface area contributed by atoms with E-state index in [0.29, 0.717) is 15.8 Å². The van der Waals surface area contributed by atoms with E-state index in [1.54, 1.807) is 18.2 Å². The quantitative estimate of drug-likeness (QED) is 0.731. The molecule has 0 atom stereocenters. The molecule has 2 aromatic rings. The zero-order valence-electron chi connectivity index (χ0n) is 10.2. The predicted molar refractivity (Wildman–Crippen MR) is 89.7 cm³/mol. The van der Waals surface area contributed by atoms with E-state index in [2.05, 4.69) is 27.9 Å². The van der Waals surface area contributed by atoms with Crippen LogP contribution in [0.5, 0.6) is 5.75 Å². The molecule has 0 saturated carbocycles. The van der Waals surface area contributed by atoms with Crippen LogP contribution in [0.4, 0.5) is 5.69 Å². The highest BCUT2D eigenvalue weighted by Crippen LogP contribution is 2.27. The van der Waals surface area contributed by atoms with Crippen molar-refractivity contribution in [2.45, 2.75) is 0 Å². The van der Waals surface area contributed by atoms with Crippen LogP contribution in [-0.4, -0.2) is 12.5 Å². The van der Waals surface area contributed by atoms with Crippen molar-refractivity contribution >= 4 is 57.4 Å². The van der Waals surface area contributed by atoms with Gasteiger partial charge < -0.3 is 10.1 Å². The van der Waals surface area contributed by atoms with Gasteiger partial charge in [-0.15, -0.1) is 0 Å². The fourth-order valence-electron chi connectivity index (χ4n) is 1.46. The molecule has 0 aromatic heterocycles. The molecular formula is C14H10Cl2INO2. The van der Waals surface area contributed by atoms with E-state index in [1.807, 2.05) is 24.3 Å². The van der Waals surface area contributed by atoms with Crippen molar-refractivity contribution in [3.05, 3.63) is 56.1 Å². The third-order valence-electron chi connectivity index (χ3n) is 2.38. The minimum atomic E-state index is -0.262. The van der Waals surface area contributed by atoms with E-state index in [1.165, 1.54) is 0 Å². The summed E-state index contributed by atoms with van der Waals surface area (Å²) in [4.78, 5) is 11.8. The maximum absolute atomic E-state index is 11.8. The van der Waals surface area contributed by atoms with Crippen LogP contribution in [0.3, 0.4) is 0 Å². The third kappa shape index (κ3) is 4.54. The zero-order valence-corrected chi connectivity index (χ0v) is 13.9. The van der Waals surface area contributed by atoms with Crippen LogP contribution < -0.4 is 10.1 Å². The van der Waals surface area contributed by atoms with Gasteiger partial charge in [-0.2, -0.15) is 0 Å². The van der Waals surface area contributed by atoms with Crippen molar-refractivity contribution in [1.29, 1.82) is 0 Å². The van der Waals surface area contributed by atoms with Gasteiger partial charge in [-0.05, 0) is 59.0 Å². The number of hydrogen-bond acceptors (Lipinski definition) is 2. The van der Waals surface area contributed by atoms with Crippen LogP contribution in [-0.2, 0) is 4.79 Å². The van der Waals surface area contributed by atoms with Crippen LogP contribution in [0.25, 0.3) is 0 Å². The molecule has 0 aliphatic rings. The minimum absolute atomic E-state index is 0.133. The highest BCUT2D eigenvalue weighted by Gasteiger charge is 2.07. The van der Waals surface area contributed by atoms with Gasteiger partial charge in [0.1, 0.15) is 5.75 Å². The highest BCUT2D eigenvalue weighted by atomic mass is 127. The van der Waals surface area contributed by atoms with E-state index in [0.717, 1.165) is 9.26 Å². The van der Waals surface area contributed by atoms with Gasteiger partial charge >= 0.3 is 0 Å². The molecule has 0 aliphatic carbocycles. The molecule has 0 spiro atoms. The van der Waals surface area contributed by atoms with Crippen LogP contribution in [0, 0.1) is 3.57 Å². The molecule has 104 valence electrons. The summed E-state index contributed by atoms with van der Waals surface area (Å²) >= 11 is 14.0. The first-order chi connectivity index (χ1) is 9.54. The Morgan fingerprint density at radius 1 is 1.15 bits per heavy atom. The smallest absolute Gasteiger partial charge is 0.262 e. The summed E-state index contributed by atoms with van der Waals surface area (Å²) in [5.41, 5.74) is 0.719. The Morgan fingerprint density at radius 2 is 1.85 bits per heavy atom. The van der Waals surface area contributed by atoms with Crippen molar-refractivity contribution in [2.24, 2.45) is 0 Å². The predicted octanol–water partition coefficient (Wildman–Crippen LogP) is 4.62. The number of hydrogen-bond donors (Lipinski definition) is 1. The molecule has 20 heavy (non-hydrogen) atoms. The number of amides is 1. The molecule has 0 unspecified atom stereocenters. The lowest BCUT2D eigenvalue weighted by Gasteiger charge is -2.09. The Balaban J connectivity index is 1.92. The van der Waals surface area contributed by atoms with Crippen molar-refractivity contribution in [3.8, 4) is 5.75 Å². The van der Waals surface area contributed by atoms with E-state index in [-0.39, 0.29) is 12.5 Å². The maximum atomic E-state index is 11.8. The summed E-state index contributed by atoms with van der Waals surface area (Å²) in [5, 5.41) is 3.65. The van der Waals surface area contributed by atoms with Gasteiger partial charge in [0.15, 0.2) is 6.61 Å². The van der Waals surface area contributed by atoms with Gasteiger partial charge in [0.25, 0.3) is 5.91 Å². The lowest BCUT2D eigenvalue weighted by Crippen LogP contribution is -2.20. The number of anilines is 1. The molecule has 0 heterocycles. The monoisotopic (exact) mass is 421 g/mol. The van der Waals surface area contributed by atoms with Gasteiger partial charge in [-0.3, -0.25) is 4.79 Å². The lowest BCUT2D eigenvalue weighted by atomic mass is 10.3. The SMILES string of the molecule is O=C(COc1cc(Cl)ccc1Cl)Nc1ccc(I)cc1. The number of carbonyl (C=O) groups excluding carboxylic acids is 1. The summed E-state index contributed by atoms with van der Waals surface area (Å²) < 4.78 is 6.45. The molecule has 0 bridgehead atoms. The summed E-state index contributed by atoms with van der Waals surface area (Å²) in [5.74, 6) is 0.124. The number of benzene rings is 2. The van der Waals surface area contributed by atoms with Crippen LogP contribution in [0.15, 0.2) is 42.5 Å². The molecule has 6 heteroatoms. The van der Waals surface area contributed by atoms with Gasteiger partial charge in [-0.25, -0.2) is 0 Å². The number of ether oxygens (including phenoxy) is 1. The molecular weight excluding hydrogens is 412 g/mol. The summed E-state index contributed by atoms with van der Waals surface area (Å²) in [7, 11) is 0. The number of rotatable bonds is 4. The van der Waals surface area contributed by atoms with Crippen molar-refractivity contribution in [1.82, 2.24) is 0 Å². The standard InChI is InChI=1S/C14H10Cl2INO2/c15-9-1-6-12(16)13(7-9)20-8-14(19)18-11-4-2-10(17)3-5-11/h1-7H,8H2,(H,18,19). The molecule has 1 N–H and O–H groups in total. The molecule has 0 aliphatic heterocycles. The normalized spacial score (nSPS) is 10.2. The zero-order chi connectivity index (χ0) is 14.5. The molecule has 3 nitrogen and oxygen atoms in total. The number of carbonyl (C=O) groups is 1. The molecule has 1 amide bonds. The van der Waals surface area contributed by atoms with Crippen LogP contribution >= 0.6 is 45.8 Å². The Kier molecular flexibility index (Phi) is 5.51. The number of halogens is 3. The second kappa shape index (κ2) is 7.15. The average molecular weight is 422 g/mol. The van der Waals surface area contributed by atoms with Gasteiger partial charge in [0, 0.05) is 20.3 Å². The molecule has 2 rings (SSSR count). The summed E-state index contributed by atoms with van der Waals surface area (Å²) in [6.07, 6.45) is 0. The van der Waals surface area contributed by atoms with Crippen LogP contribution in [0.1, 0.15) is 0 Å². The Hall–Kier alpha value is -0.980. The fourth-order valence-corrected chi connectivity index (χ4v) is 2.16. The second-order valence-electron chi connectivity index (χ2n) is 3.92. The fraction of sp³-hybridized carbons (Fsp3) is 0.0714. The van der Waals surface area contributed by atoms with E-state index in [4.69, 9.17) is 27.9 Å². The van der Waals surface area contributed by atoms with Crippen molar-refractivity contribution in [2.75, 3.05) is 11.9 Å². The van der Waals surface area contributed by atoms with E-state index < -0.39 is 0 Å².